The maximum atomic E-state index is 5.71. The van der Waals surface area contributed by atoms with Crippen molar-refractivity contribution in [2.75, 3.05) is 6.54 Å². The molecule has 2 rings (SSSR count). The highest BCUT2D eigenvalue weighted by Crippen LogP contribution is 2.66. The topological polar surface area (TPSA) is 26.0 Å². The molecule has 0 unspecified atom stereocenters. The first-order valence-corrected chi connectivity index (χ1v) is 5.32. The van der Waals surface area contributed by atoms with Gasteiger partial charge < -0.3 is 5.73 Å². The summed E-state index contributed by atoms with van der Waals surface area (Å²) in [5.74, 6) is 1.00. The summed E-state index contributed by atoms with van der Waals surface area (Å²) in [6.07, 6.45) is 7.08. The predicted molar refractivity (Wildman–Crippen MR) is 51.8 cm³/mol. The molecule has 0 saturated heterocycles. The molecule has 12 heavy (non-hydrogen) atoms. The fourth-order valence-corrected chi connectivity index (χ4v) is 3.82. The van der Waals surface area contributed by atoms with Crippen molar-refractivity contribution in [1.82, 2.24) is 0 Å². The van der Waals surface area contributed by atoms with Crippen molar-refractivity contribution < 1.29 is 0 Å². The number of nitrogens with two attached hydrogens (primary N) is 1. The summed E-state index contributed by atoms with van der Waals surface area (Å²) in [5.41, 5.74) is 6.93. The zero-order valence-corrected chi connectivity index (χ0v) is 8.40. The highest BCUT2D eigenvalue weighted by Gasteiger charge is 2.57. The van der Waals surface area contributed by atoms with E-state index in [0.29, 0.717) is 10.8 Å². The SMILES string of the molecule is CC1(C)C2CCC1(CCN)CC2. The quantitative estimate of drug-likeness (QED) is 0.672. The lowest BCUT2D eigenvalue weighted by atomic mass is 9.67. The maximum Gasteiger partial charge on any atom is -0.00718 e. The Hall–Kier alpha value is -0.0400. The van der Waals surface area contributed by atoms with Crippen LogP contribution in [0.3, 0.4) is 0 Å². The molecule has 2 fully saturated rings. The zero-order chi connectivity index (χ0) is 8.82. The number of fused-ring (bicyclic) bond motifs is 2. The van der Waals surface area contributed by atoms with Gasteiger partial charge in [0.1, 0.15) is 0 Å². The molecule has 0 heterocycles. The first kappa shape index (κ1) is 8.55. The van der Waals surface area contributed by atoms with E-state index in [2.05, 4.69) is 13.8 Å². The van der Waals surface area contributed by atoms with Gasteiger partial charge >= 0.3 is 0 Å². The van der Waals surface area contributed by atoms with E-state index in [1.54, 1.807) is 0 Å². The van der Waals surface area contributed by atoms with Gasteiger partial charge in [0.15, 0.2) is 0 Å². The van der Waals surface area contributed by atoms with Crippen LogP contribution >= 0.6 is 0 Å². The van der Waals surface area contributed by atoms with E-state index >= 15 is 0 Å². The van der Waals surface area contributed by atoms with Gasteiger partial charge in [0.05, 0.1) is 0 Å². The molecule has 2 aliphatic carbocycles. The number of hydrogen-bond acceptors (Lipinski definition) is 1. The average Bonchev–Trinajstić information content (AvgIpc) is 2.39. The first-order valence-electron chi connectivity index (χ1n) is 5.32. The summed E-state index contributed by atoms with van der Waals surface area (Å²) >= 11 is 0. The molecule has 2 bridgehead atoms. The van der Waals surface area contributed by atoms with Gasteiger partial charge in [-0.25, -0.2) is 0 Å². The van der Waals surface area contributed by atoms with Crippen molar-refractivity contribution in [2.45, 2.75) is 46.0 Å². The molecule has 0 aromatic heterocycles. The maximum absolute atomic E-state index is 5.71. The van der Waals surface area contributed by atoms with E-state index in [-0.39, 0.29) is 0 Å². The van der Waals surface area contributed by atoms with Crippen LogP contribution in [0, 0.1) is 16.7 Å². The van der Waals surface area contributed by atoms with Gasteiger partial charge in [0.25, 0.3) is 0 Å². The van der Waals surface area contributed by atoms with Crippen molar-refractivity contribution in [3.8, 4) is 0 Å². The summed E-state index contributed by atoms with van der Waals surface area (Å²) < 4.78 is 0. The van der Waals surface area contributed by atoms with E-state index in [4.69, 9.17) is 5.73 Å². The Morgan fingerprint density at radius 3 is 2.17 bits per heavy atom. The fourth-order valence-electron chi connectivity index (χ4n) is 3.82. The van der Waals surface area contributed by atoms with Crippen molar-refractivity contribution in [3.05, 3.63) is 0 Å². The van der Waals surface area contributed by atoms with Crippen molar-refractivity contribution in [2.24, 2.45) is 22.5 Å². The molecule has 2 N–H and O–H groups in total. The minimum atomic E-state index is 0.590. The van der Waals surface area contributed by atoms with Gasteiger partial charge in [-0.15, -0.1) is 0 Å². The van der Waals surface area contributed by atoms with E-state index in [1.807, 2.05) is 0 Å². The van der Waals surface area contributed by atoms with Gasteiger partial charge in [-0.2, -0.15) is 0 Å². The Morgan fingerprint density at radius 1 is 1.25 bits per heavy atom. The highest BCUT2D eigenvalue weighted by atomic mass is 14.7. The second-order valence-electron chi connectivity index (χ2n) is 5.31. The minimum absolute atomic E-state index is 0.590. The molecule has 2 saturated carbocycles. The lowest BCUT2D eigenvalue weighted by molar-refractivity contribution is 0.119. The first-order chi connectivity index (χ1) is 5.62. The molecule has 70 valence electrons. The van der Waals surface area contributed by atoms with Crippen molar-refractivity contribution in [3.63, 3.8) is 0 Å². The van der Waals surface area contributed by atoms with Crippen LogP contribution < -0.4 is 5.73 Å². The van der Waals surface area contributed by atoms with Crippen molar-refractivity contribution >= 4 is 0 Å². The van der Waals surface area contributed by atoms with Crippen LogP contribution in [0.25, 0.3) is 0 Å². The van der Waals surface area contributed by atoms with Crippen LogP contribution in [0.5, 0.6) is 0 Å². The van der Waals surface area contributed by atoms with Gasteiger partial charge in [0, 0.05) is 0 Å². The van der Waals surface area contributed by atoms with Crippen molar-refractivity contribution in [1.29, 1.82) is 0 Å². The van der Waals surface area contributed by atoms with Crippen LogP contribution in [0.15, 0.2) is 0 Å². The minimum Gasteiger partial charge on any atom is -0.330 e. The summed E-state index contributed by atoms with van der Waals surface area (Å²) in [6.45, 7) is 5.82. The Bertz CT molecular complexity index is 175. The van der Waals surface area contributed by atoms with Crippen LogP contribution in [0.2, 0.25) is 0 Å². The molecule has 0 aromatic carbocycles. The van der Waals surface area contributed by atoms with Gasteiger partial charge in [0.2, 0.25) is 0 Å². The summed E-state index contributed by atoms with van der Waals surface area (Å²) in [7, 11) is 0. The molecule has 1 nitrogen and oxygen atoms in total. The van der Waals surface area contributed by atoms with Crippen LogP contribution in [-0.2, 0) is 0 Å². The molecular formula is C11H21N. The Kier molecular flexibility index (Phi) is 1.76. The number of rotatable bonds is 2. The lowest BCUT2D eigenvalue weighted by Gasteiger charge is -2.38. The standard InChI is InChI=1S/C11H21N/c1-10(2)9-3-5-11(10,6-4-9)7-8-12/h9H,3-8,12H2,1-2H3. The second-order valence-corrected chi connectivity index (χ2v) is 5.31. The molecule has 0 amide bonds. The molecule has 0 radical (unpaired) electrons. The van der Waals surface area contributed by atoms with Gasteiger partial charge in [-0.3, -0.25) is 0 Å². The zero-order valence-electron chi connectivity index (χ0n) is 8.40. The third kappa shape index (κ3) is 0.834. The predicted octanol–water partition coefficient (Wildman–Crippen LogP) is 2.55. The van der Waals surface area contributed by atoms with Crippen LogP contribution in [0.4, 0.5) is 0 Å². The average molecular weight is 167 g/mol. The molecule has 0 spiro atoms. The summed E-state index contributed by atoms with van der Waals surface area (Å²) in [4.78, 5) is 0. The second kappa shape index (κ2) is 2.47. The Balaban J connectivity index is 2.24. The van der Waals surface area contributed by atoms with E-state index < -0.39 is 0 Å². The molecule has 0 aromatic rings. The monoisotopic (exact) mass is 167 g/mol. The Labute approximate surface area is 75.7 Å². The highest BCUT2D eigenvalue weighted by molar-refractivity contribution is 5.07. The third-order valence-corrected chi connectivity index (χ3v) is 4.95. The van der Waals surface area contributed by atoms with Crippen LogP contribution in [0.1, 0.15) is 46.0 Å². The fraction of sp³-hybridized carbons (Fsp3) is 1.00. The van der Waals surface area contributed by atoms with E-state index in [0.717, 1.165) is 12.5 Å². The molecular weight excluding hydrogens is 146 g/mol. The lowest BCUT2D eigenvalue weighted by Crippen LogP contribution is -2.32. The van der Waals surface area contributed by atoms with Gasteiger partial charge in [-0.1, -0.05) is 13.8 Å². The normalized spacial score (nSPS) is 43.8. The molecule has 0 aliphatic heterocycles. The van der Waals surface area contributed by atoms with E-state index in [9.17, 15) is 0 Å². The summed E-state index contributed by atoms with van der Waals surface area (Å²) in [6, 6.07) is 0. The molecule has 2 aliphatic rings. The van der Waals surface area contributed by atoms with E-state index in [1.165, 1.54) is 32.1 Å². The van der Waals surface area contributed by atoms with Crippen LogP contribution in [-0.4, -0.2) is 6.54 Å². The largest absolute Gasteiger partial charge is 0.330 e. The molecule has 0 atom stereocenters. The smallest absolute Gasteiger partial charge is 0.00718 e. The number of hydrogen-bond donors (Lipinski definition) is 1. The third-order valence-electron chi connectivity index (χ3n) is 4.95. The molecule has 1 heteroatoms. The van der Waals surface area contributed by atoms with Gasteiger partial charge in [-0.05, 0) is 55.4 Å². The summed E-state index contributed by atoms with van der Waals surface area (Å²) in [5, 5.41) is 0. The Morgan fingerprint density at radius 2 is 1.83 bits per heavy atom.